The fourth-order valence-electron chi connectivity index (χ4n) is 0.717. The zero-order chi connectivity index (χ0) is 7.40. The van der Waals surface area contributed by atoms with Crippen molar-refractivity contribution in [1.82, 2.24) is 4.98 Å². The lowest BCUT2D eigenvalue weighted by Crippen LogP contribution is -1.90. The molecule has 0 radical (unpaired) electrons. The summed E-state index contributed by atoms with van der Waals surface area (Å²) in [5, 5.41) is 0. The Morgan fingerprint density at radius 3 is 2.90 bits per heavy atom. The third-order valence-electron chi connectivity index (χ3n) is 1.39. The Hall–Kier alpha value is -1.18. The van der Waals surface area contributed by atoms with Crippen molar-refractivity contribution in [1.29, 1.82) is 0 Å². The van der Waals surface area contributed by atoms with Gasteiger partial charge < -0.3 is 0 Å². The van der Waals surface area contributed by atoms with Gasteiger partial charge in [-0.2, -0.15) is 0 Å². The van der Waals surface area contributed by atoms with Crippen LogP contribution in [0.1, 0.15) is 18.7 Å². The van der Waals surface area contributed by atoms with Crippen molar-refractivity contribution in [3.63, 3.8) is 0 Å². The van der Waals surface area contributed by atoms with Crippen LogP contribution in [0.15, 0.2) is 29.4 Å². The average Bonchev–Trinajstić information content (AvgIpc) is 2.05. The molecule has 10 heavy (non-hydrogen) atoms. The molecule has 0 aliphatic carbocycles. The van der Waals surface area contributed by atoms with Gasteiger partial charge in [0.1, 0.15) is 0 Å². The molecule has 0 aliphatic rings. The summed E-state index contributed by atoms with van der Waals surface area (Å²) in [6, 6.07) is 5.89. The Morgan fingerprint density at radius 2 is 2.40 bits per heavy atom. The monoisotopic (exact) mass is 134 g/mol. The fourth-order valence-corrected chi connectivity index (χ4v) is 0.717. The molecule has 0 N–H and O–H groups in total. The number of hydrogen-bond donors (Lipinski definition) is 0. The molecule has 1 aromatic heterocycles. The molecular formula is C8H10N2. The first kappa shape index (κ1) is 6.93. The molecule has 0 amide bonds. The fraction of sp³-hybridized carbons (Fsp3) is 0.250. The molecule has 0 bridgehead atoms. The molecule has 0 fully saturated rings. The van der Waals surface area contributed by atoms with Gasteiger partial charge in [0.05, 0.1) is 11.7 Å². The molecule has 1 atom stereocenters. The van der Waals surface area contributed by atoms with Gasteiger partial charge in [-0.05, 0) is 25.8 Å². The number of aliphatic imine (C=N–C) groups is 1. The molecule has 1 unspecified atom stereocenters. The minimum atomic E-state index is 0.112. The van der Waals surface area contributed by atoms with Gasteiger partial charge in [0.15, 0.2) is 0 Å². The lowest BCUT2D eigenvalue weighted by atomic mass is 10.2. The van der Waals surface area contributed by atoms with E-state index in [0.717, 1.165) is 5.69 Å². The molecule has 52 valence electrons. The highest BCUT2D eigenvalue weighted by molar-refractivity contribution is 5.25. The Kier molecular flexibility index (Phi) is 2.15. The number of hydrogen-bond acceptors (Lipinski definition) is 2. The maximum absolute atomic E-state index is 4.12. The zero-order valence-electron chi connectivity index (χ0n) is 5.99. The Labute approximate surface area is 60.6 Å². The van der Waals surface area contributed by atoms with Crippen LogP contribution in [0.5, 0.6) is 0 Å². The van der Waals surface area contributed by atoms with Gasteiger partial charge in [0.2, 0.25) is 0 Å². The molecule has 0 spiro atoms. The van der Waals surface area contributed by atoms with Crippen LogP contribution in [-0.2, 0) is 0 Å². The van der Waals surface area contributed by atoms with Gasteiger partial charge in [0, 0.05) is 6.20 Å². The van der Waals surface area contributed by atoms with Crippen LogP contribution in [0.25, 0.3) is 0 Å². The minimum Gasteiger partial charge on any atom is -0.292 e. The molecule has 0 aliphatic heterocycles. The van der Waals surface area contributed by atoms with E-state index in [1.54, 1.807) is 6.20 Å². The average molecular weight is 134 g/mol. The van der Waals surface area contributed by atoms with E-state index in [9.17, 15) is 0 Å². The highest BCUT2D eigenvalue weighted by Gasteiger charge is 1.99. The Balaban J connectivity index is 2.84. The lowest BCUT2D eigenvalue weighted by Gasteiger charge is -2.01. The summed E-state index contributed by atoms with van der Waals surface area (Å²) in [4.78, 5) is 7.96. The van der Waals surface area contributed by atoms with Gasteiger partial charge >= 0.3 is 0 Å². The topological polar surface area (TPSA) is 25.2 Å². The first-order chi connectivity index (χ1) is 4.84. The second kappa shape index (κ2) is 3.11. The highest BCUT2D eigenvalue weighted by Crippen LogP contribution is 2.10. The van der Waals surface area contributed by atoms with Crippen LogP contribution < -0.4 is 0 Å². The third kappa shape index (κ3) is 1.41. The normalized spacial score (nSPS) is 12.5. The van der Waals surface area contributed by atoms with Crippen molar-refractivity contribution in [2.75, 3.05) is 0 Å². The number of pyridine rings is 1. The van der Waals surface area contributed by atoms with Gasteiger partial charge in [-0.1, -0.05) is 6.07 Å². The van der Waals surface area contributed by atoms with Crippen molar-refractivity contribution in [2.45, 2.75) is 13.0 Å². The summed E-state index contributed by atoms with van der Waals surface area (Å²) in [5.74, 6) is 0. The summed E-state index contributed by atoms with van der Waals surface area (Å²) >= 11 is 0. The summed E-state index contributed by atoms with van der Waals surface area (Å²) in [6.45, 7) is 5.41. The summed E-state index contributed by atoms with van der Waals surface area (Å²) in [5.41, 5.74) is 0.970. The van der Waals surface area contributed by atoms with E-state index in [1.807, 2.05) is 25.1 Å². The standard InChI is InChI=1S/C8H10N2/c1-7(9-2)8-5-3-4-6-10-8/h3-7H,2H2,1H3. The summed E-state index contributed by atoms with van der Waals surface area (Å²) in [6.07, 6.45) is 1.76. The lowest BCUT2D eigenvalue weighted by molar-refractivity contribution is 0.790. The van der Waals surface area contributed by atoms with E-state index in [0.29, 0.717) is 0 Å². The first-order valence-electron chi connectivity index (χ1n) is 3.21. The molecule has 1 aromatic rings. The summed E-state index contributed by atoms with van der Waals surface area (Å²) < 4.78 is 0. The predicted molar refractivity (Wildman–Crippen MR) is 42.2 cm³/mol. The first-order valence-corrected chi connectivity index (χ1v) is 3.21. The van der Waals surface area contributed by atoms with E-state index in [2.05, 4.69) is 16.7 Å². The van der Waals surface area contributed by atoms with E-state index >= 15 is 0 Å². The van der Waals surface area contributed by atoms with E-state index in [-0.39, 0.29) is 6.04 Å². The maximum atomic E-state index is 4.12. The van der Waals surface area contributed by atoms with Crippen LogP contribution in [-0.4, -0.2) is 11.7 Å². The van der Waals surface area contributed by atoms with E-state index in [1.165, 1.54) is 0 Å². The Morgan fingerprint density at radius 1 is 1.60 bits per heavy atom. The van der Waals surface area contributed by atoms with Crippen LogP contribution in [0.4, 0.5) is 0 Å². The van der Waals surface area contributed by atoms with Gasteiger partial charge in [-0.15, -0.1) is 0 Å². The van der Waals surface area contributed by atoms with Crippen molar-refractivity contribution < 1.29 is 0 Å². The minimum absolute atomic E-state index is 0.112. The second-order valence-electron chi connectivity index (χ2n) is 2.11. The molecule has 1 rings (SSSR count). The second-order valence-corrected chi connectivity index (χ2v) is 2.11. The quantitative estimate of drug-likeness (QED) is 0.566. The van der Waals surface area contributed by atoms with Crippen LogP contribution >= 0.6 is 0 Å². The largest absolute Gasteiger partial charge is 0.292 e. The maximum Gasteiger partial charge on any atom is 0.0884 e. The molecule has 2 heteroatoms. The molecule has 0 saturated heterocycles. The molecule has 0 aromatic carbocycles. The Bertz CT molecular complexity index is 206. The van der Waals surface area contributed by atoms with Gasteiger partial charge in [0.25, 0.3) is 0 Å². The zero-order valence-corrected chi connectivity index (χ0v) is 5.99. The molecule has 0 saturated carbocycles. The van der Waals surface area contributed by atoms with Gasteiger partial charge in [-0.25, -0.2) is 0 Å². The van der Waals surface area contributed by atoms with Gasteiger partial charge in [-0.3, -0.25) is 9.98 Å². The van der Waals surface area contributed by atoms with Crippen molar-refractivity contribution in [3.05, 3.63) is 30.1 Å². The van der Waals surface area contributed by atoms with Crippen molar-refractivity contribution in [3.8, 4) is 0 Å². The van der Waals surface area contributed by atoms with Crippen LogP contribution in [0.2, 0.25) is 0 Å². The number of rotatable bonds is 2. The number of nitrogens with zero attached hydrogens (tertiary/aromatic N) is 2. The van der Waals surface area contributed by atoms with Crippen LogP contribution in [0.3, 0.4) is 0 Å². The predicted octanol–water partition coefficient (Wildman–Crippen LogP) is 1.84. The molecule has 1 heterocycles. The van der Waals surface area contributed by atoms with Crippen molar-refractivity contribution >= 4 is 6.72 Å². The van der Waals surface area contributed by atoms with Crippen molar-refractivity contribution in [2.24, 2.45) is 4.99 Å². The third-order valence-corrected chi connectivity index (χ3v) is 1.39. The SMILES string of the molecule is C=NC(C)c1ccccn1. The smallest absolute Gasteiger partial charge is 0.0884 e. The molecular weight excluding hydrogens is 124 g/mol. The summed E-state index contributed by atoms with van der Waals surface area (Å²) in [7, 11) is 0. The van der Waals surface area contributed by atoms with E-state index in [4.69, 9.17) is 0 Å². The van der Waals surface area contributed by atoms with E-state index < -0.39 is 0 Å². The number of aromatic nitrogens is 1. The van der Waals surface area contributed by atoms with Crippen LogP contribution in [0, 0.1) is 0 Å². The molecule has 2 nitrogen and oxygen atoms in total. The highest BCUT2D eigenvalue weighted by atomic mass is 14.8.